The number of nitrogens with one attached hydrogen (secondary N) is 1. The summed E-state index contributed by atoms with van der Waals surface area (Å²) in [5, 5.41) is 3.75. The third kappa shape index (κ3) is 8.51. The second-order valence-electron chi connectivity index (χ2n) is 9.07. The molecule has 0 unspecified atom stereocenters. The lowest BCUT2D eigenvalue weighted by Gasteiger charge is -2.32. The number of amides is 2. The van der Waals surface area contributed by atoms with Crippen molar-refractivity contribution < 1.29 is 22.7 Å². The molecular formula is C27H37Cl2N3O5S. The molecule has 0 saturated carbocycles. The molecule has 2 amide bonds. The van der Waals surface area contributed by atoms with Crippen LogP contribution in [0, 0.1) is 0 Å². The number of halogens is 2. The highest BCUT2D eigenvalue weighted by molar-refractivity contribution is 7.92. The fraction of sp³-hybridized carbons (Fsp3) is 0.481. The van der Waals surface area contributed by atoms with Gasteiger partial charge in [0.05, 0.1) is 19.1 Å². The monoisotopic (exact) mass is 585 g/mol. The van der Waals surface area contributed by atoms with Crippen molar-refractivity contribution in [1.82, 2.24) is 10.2 Å². The second-order valence-corrected chi connectivity index (χ2v) is 11.8. The normalized spacial score (nSPS) is 12.9. The summed E-state index contributed by atoms with van der Waals surface area (Å²) >= 11 is 12.8. The Kier molecular flexibility index (Phi) is 12.2. The molecule has 0 heterocycles. The summed E-state index contributed by atoms with van der Waals surface area (Å²) < 4.78 is 31.7. The molecule has 0 fully saturated rings. The minimum Gasteiger partial charge on any atom is -0.495 e. The van der Waals surface area contributed by atoms with E-state index in [1.54, 1.807) is 42.5 Å². The average molecular weight is 587 g/mol. The van der Waals surface area contributed by atoms with E-state index >= 15 is 0 Å². The molecule has 2 atom stereocenters. The Bertz CT molecular complexity index is 1190. The van der Waals surface area contributed by atoms with Crippen molar-refractivity contribution in [3.8, 4) is 5.75 Å². The number of anilines is 1. The zero-order chi connectivity index (χ0) is 28.5. The Morgan fingerprint density at radius 2 is 1.66 bits per heavy atom. The van der Waals surface area contributed by atoms with E-state index in [4.69, 9.17) is 27.9 Å². The zero-order valence-corrected chi connectivity index (χ0v) is 24.9. The first-order chi connectivity index (χ1) is 17.9. The Morgan fingerprint density at radius 3 is 2.21 bits per heavy atom. The molecule has 0 bridgehead atoms. The van der Waals surface area contributed by atoms with Crippen molar-refractivity contribution in [2.75, 3.05) is 24.2 Å². The number of hydrogen-bond donors (Lipinski definition) is 1. The van der Waals surface area contributed by atoms with Gasteiger partial charge in [0, 0.05) is 41.2 Å². The molecule has 0 spiro atoms. The molecule has 2 rings (SSSR count). The molecule has 0 aliphatic rings. The summed E-state index contributed by atoms with van der Waals surface area (Å²) in [6.07, 6.45) is 2.47. The van der Waals surface area contributed by atoms with Gasteiger partial charge < -0.3 is 15.0 Å². The van der Waals surface area contributed by atoms with Gasteiger partial charge in [0.25, 0.3) is 0 Å². The Balaban J connectivity index is 2.31. The first kappa shape index (κ1) is 31.7. The van der Waals surface area contributed by atoms with Crippen LogP contribution in [0.3, 0.4) is 0 Å². The smallest absolute Gasteiger partial charge is 0.243 e. The summed E-state index contributed by atoms with van der Waals surface area (Å²) in [6.45, 7) is 5.81. The predicted molar refractivity (Wildman–Crippen MR) is 153 cm³/mol. The summed E-state index contributed by atoms with van der Waals surface area (Å²) in [7, 11) is -2.18. The van der Waals surface area contributed by atoms with E-state index in [9.17, 15) is 18.0 Å². The van der Waals surface area contributed by atoms with Gasteiger partial charge in [0.1, 0.15) is 11.8 Å². The van der Waals surface area contributed by atoms with Crippen LogP contribution in [0.1, 0.15) is 52.0 Å². The van der Waals surface area contributed by atoms with Gasteiger partial charge in [0.15, 0.2) is 0 Å². The van der Waals surface area contributed by atoms with Gasteiger partial charge in [-0.2, -0.15) is 0 Å². The first-order valence-electron chi connectivity index (χ1n) is 12.6. The Hall–Kier alpha value is -2.49. The van der Waals surface area contributed by atoms with Crippen molar-refractivity contribution in [2.45, 2.75) is 65.1 Å². The van der Waals surface area contributed by atoms with Gasteiger partial charge in [-0.15, -0.1) is 0 Å². The highest BCUT2D eigenvalue weighted by atomic mass is 35.5. The van der Waals surface area contributed by atoms with Gasteiger partial charge >= 0.3 is 0 Å². The number of rotatable bonds is 14. The fourth-order valence-electron chi connectivity index (χ4n) is 4.03. The van der Waals surface area contributed by atoms with Gasteiger partial charge in [-0.05, 0) is 50.5 Å². The van der Waals surface area contributed by atoms with Crippen LogP contribution in [-0.2, 0) is 26.2 Å². The van der Waals surface area contributed by atoms with Crippen molar-refractivity contribution in [2.24, 2.45) is 0 Å². The van der Waals surface area contributed by atoms with E-state index in [1.165, 1.54) is 16.3 Å². The minimum absolute atomic E-state index is 0.0103. The van der Waals surface area contributed by atoms with E-state index in [-0.39, 0.29) is 43.8 Å². The maximum atomic E-state index is 13.6. The number of carbonyl (C=O) groups excluding carboxylic acids is 2. The number of para-hydroxylation sites is 2. The molecule has 210 valence electrons. The van der Waals surface area contributed by atoms with E-state index in [1.807, 2.05) is 20.8 Å². The van der Waals surface area contributed by atoms with Crippen LogP contribution >= 0.6 is 23.2 Å². The molecule has 2 aromatic carbocycles. The standard InChI is InChI=1S/C27H37Cl2N3O5S/c1-6-19(3)30-27(34)23(7-2)31(18-20-21(28)12-10-13-22(20)29)26(33)16-11-17-32(38(5,35)36)24-14-8-9-15-25(24)37-4/h8-10,12-15,19,23H,6-7,11,16-18H2,1-5H3,(H,30,34)/t19-,23-/m0/s1. The number of hydrogen-bond acceptors (Lipinski definition) is 5. The average Bonchev–Trinajstić information content (AvgIpc) is 2.87. The topological polar surface area (TPSA) is 96.0 Å². The van der Waals surface area contributed by atoms with Crippen molar-refractivity contribution >= 4 is 50.7 Å². The molecule has 1 N–H and O–H groups in total. The molecule has 0 aliphatic carbocycles. The highest BCUT2D eigenvalue weighted by Crippen LogP contribution is 2.30. The van der Waals surface area contributed by atoms with Crippen LogP contribution in [-0.4, -0.2) is 57.1 Å². The number of ether oxygens (including phenoxy) is 1. The maximum absolute atomic E-state index is 13.6. The largest absolute Gasteiger partial charge is 0.495 e. The number of benzene rings is 2. The molecule has 0 aliphatic heterocycles. The quantitative estimate of drug-likeness (QED) is 0.326. The third-order valence-corrected chi connectivity index (χ3v) is 8.17. The molecule has 38 heavy (non-hydrogen) atoms. The summed E-state index contributed by atoms with van der Waals surface area (Å²) in [6, 6.07) is 11.1. The number of carbonyl (C=O) groups is 2. The van der Waals surface area contributed by atoms with Crippen LogP contribution in [0.5, 0.6) is 5.75 Å². The SMILES string of the molecule is CC[C@H](C)NC(=O)[C@H](CC)N(Cc1c(Cl)cccc1Cl)C(=O)CCCN(c1ccccc1OC)S(C)(=O)=O. The number of sulfonamides is 1. The minimum atomic E-state index is -3.65. The Labute approximate surface area is 236 Å². The predicted octanol–water partition coefficient (Wildman–Crippen LogP) is 5.27. The van der Waals surface area contributed by atoms with Crippen LogP contribution in [0.15, 0.2) is 42.5 Å². The van der Waals surface area contributed by atoms with Gasteiger partial charge in [0.2, 0.25) is 21.8 Å². The zero-order valence-electron chi connectivity index (χ0n) is 22.5. The molecule has 0 saturated heterocycles. The van der Waals surface area contributed by atoms with Gasteiger partial charge in [-0.1, -0.05) is 55.2 Å². The van der Waals surface area contributed by atoms with E-state index in [0.29, 0.717) is 33.5 Å². The van der Waals surface area contributed by atoms with Crippen molar-refractivity contribution in [3.05, 3.63) is 58.1 Å². The van der Waals surface area contributed by atoms with E-state index in [2.05, 4.69) is 5.32 Å². The summed E-state index contributed by atoms with van der Waals surface area (Å²) in [5.74, 6) is -0.155. The van der Waals surface area contributed by atoms with Crippen molar-refractivity contribution in [3.63, 3.8) is 0 Å². The molecule has 0 aromatic heterocycles. The maximum Gasteiger partial charge on any atom is 0.243 e. The second kappa shape index (κ2) is 14.6. The van der Waals surface area contributed by atoms with E-state index in [0.717, 1.165) is 12.7 Å². The third-order valence-electron chi connectivity index (χ3n) is 6.28. The van der Waals surface area contributed by atoms with Crippen LogP contribution < -0.4 is 14.4 Å². The molecule has 0 radical (unpaired) electrons. The summed E-state index contributed by atoms with van der Waals surface area (Å²) in [5.41, 5.74) is 0.940. The van der Waals surface area contributed by atoms with Gasteiger partial charge in [-0.3, -0.25) is 13.9 Å². The molecular weight excluding hydrogens is 549 g/mol. The highest BCUT2D eigenvalue weighted by Gasteiger charge is 2.30. The molecule has 11 heteroatoms. The van der Waals surface area contributed by atoms with Crippen LogP contribution in [0.25, 0.3) is 0 Å². The van der Waals surface area contributed by atoms with Crippen LogP contribution in [0.4, 0.5) is 5.69 Å². The lowest BCUT2D eigenvalue weighted by Crippen LogP contribution is -2.50. The molecule has 8 nitrogen and oxygen atoms in total. The molecule has 2 aromatic rings. The lowest BCUT2D eigenvalue weighted by molar-refractivity contribution is -0.141. The summed E-state index contributed by atoms with van der Waals surface area (Å²) in [4.78, 5) is 28.2. The number of nitrogens with zero attached hydrogens (tertiary/aromatic N) is 2. The van der Waals surface area contributed by atoms with E-state index < -0.39 is 16.1 Å². The first-order valence-corrected chi connectivity index (χ1v) is 15.2. The van der Waals surface area contributed by atoms with Gasteiger partial charge in [-0.25, -0.2) is 8.42 Å². The fourth-order valence-corrected chi connectivity index (χ4v) is 5.52. The van der Waals surface area contributed by atoms with Crippen LogP contribution in [0.2, 0.25) is 10.0 Å². The number of methoxy groups -OCH3 is 1. The lowest BCUT2D eigenvalue weighted by atomic mass is 10.1. The van der Waals surface area contributed by atoms with Crippen molar-refractivity contribution in [1.29, 1.82) is 0 Å². The Morgan fingerprint density at radius 1 is 1.03 bits per heavy atom.